The lowest BCUT2D eigenvalue weighted by Crippen LogP contribution is -2.64. The summed E-state index contributed by atoms with van der Waals surface area (Å²) in [5, 5.41) is 0. The quantitative estimate of drug-likeness (QED) is 0.623. The van der Waals surface area contributed by atoms with E-state index in [9.17, 15) is 9.18 Å². The lowest BCUT2D eigenvalue weighted by molar-refractivity contribution is -0.0921. The molecular weight excluding hydrogens is 173 g/mol. The van der Waals surface area contributed by atoms with Crippen LogP contribution in [0, 0.1) is 5.41 Å². The van der Waals surface area contributed by atoms with Crippen molar-refractivity contribution in [2.75, 3.05) is 19.7 Å². The average molecular weight is 187 g/mol. The Kier molecular flexibility index (Phi) is 1.93. The molecule has 2 fully saturated rings. The van der Waals surface area contributed by atoms with E-state index in [2.05, 4.69) is 0 Å². The summed E-state index contributed by atoms with van der Waals surface area (Å²) >= 11 is 0. The molecule has 1 saturated carbocycles. The van der Waals surface area contributed by atoms with E-state index in [0.29, 0.717) is 32.5 Å². The highest BCUT2D eigenvalue weighted by Gasteiger charge is 2.54. The molecule has 2 aliphatic rings. The van der Waals surface area contributed by atoms with Gasteiger partial charge < -0.3 is 9.64 Å². The van der Waals surface area contributed by atoms with E-state index < -0.39 is 6.17 Å². The topological polar surface area (TPSA) is 29.5 Å². The number of likely N-dealkylation sites (tertiary alicyclic amines) is 1. The van der Waals surface area contributed by atoms with Crippen molar-refractivity contribution in [3.8, 4) is 0 Å². The van der Waals surface area contributed by atoms with Gasteiger partial charge in [0.15, 0.2) is 0 Å². The van der Waals surface area contributed by atoms with Gasteiger partial charge in [-0.05, 0) is 19.8 Å². The number of alkyl halides is 1. The summed E-state index contributed by atoms with van der Waals surface area (Å²) in [6.45, 7) is 3.57. The first-order chi connectivity index (χ1) is 6.15. The molecular formula is C9H14FNO2. The molecule has 0 atom stereocenters. The third-order valence-electron chi connectivity index (χ3n) is 2.89. The van der Waals surface area contributed by atoms with Crippen LogP contribution < -0.4 is 0 Å². The molecule has 0 bridgehead atoms. The standard InChI is InChI=1S/C9H14FNO2/c1-2-13-8(12)11-5-9(6-11)3-7(10)4-9/h7H,2-6H2,1H3. The summed E-state index contributed by atoms with van der Waals surface area (Å²) in [5.74, 6) is 0. The number of nitrogens with zero attached hydrogens (tertiary/aromatic N) is 1. The maximum Gasteiger partial charge on any atom is 0.409 e. The van der Waals surface area contributed by atoms with E-state index in [-0.39, 0.29) is 11.5 Å². The van der Waals surface area contributed by atoms with E-state index in [1.807, 2.05) is 0 Å². The number of carbonyl (C=O) groups is 1. The van der Waals surface area contributed by atoms with Crippen molar-refractivity contribution in [2.45, 2.75) is 25.9 Å². The zero-order valence-corrected chi connectivity index (χ0v) is 7.75. The molecule has 0 aromatic heterocycles. The predicted octanol–water partition coefficient (Wildman–Crippen LogP) is 1.58. The maximum atomic E-state index is 12.6. The second-order valence-electron chi connectivity index (χ2n) is 4.06. The summed E-state index contributed by atoms with van der Waals surface area (Å²) in [6.07, 6.45) is 0.367. The largest absolute Gasteiger partial charge is 0.450 e. The van der Waals surface area contributed by atoms with Crippen molar-refractivity contribution < 1.29 is 13.9 Å². The highest BCUT2D eigenvalue weighted by molar-refractivity contribution is 5.69. The molecule has 1 aliphatic heterocycles. The van der Waals surface area contributed by atoms with Crippen molar-refractivity contribution in [1.82, 2.24) is 4.90 Å². The van der Waals surface area contributed by atoms with Gasteiger partial charge in [-0.2, -0.15) is 0 Å². The van der Waals surface area contributed by atoms with Gasteiger partial charge in [0, 0.05) is 18.5 Å². The van der Waals surface area contributed by atoms with Crippen LogP contribution in [0.5, 0.6) is 0 Å². The van der Waals surface area contributed by atoms with E-state index in [4.69, 9.17) is 4.74 Å². The van der Waals surface area contributed by atoms with Gasteiger partial charge in [0.2, 0.25) is 0 Å². The van der Waals surface area contributed by atoms with Crippen molar-refractivity contribution in [3.63, 3.8) is 0 Å². The minimum absolute atomic E-state index is 0.117. The molecule has 2 rings (SSSR count). The van der Waals surface area contributed by atoms with Crippen molar-refractivity contribution in [3.05, 3.63) is 0 Å². The highest BCUT2D eigenvalue weighted by Crippen LogP contribution is 2.49. The third kappa shape index (κ3) is 1.38. The Labute approximate surface area is 76.8 Å². The fraction of sp³-hybridized carbons (Fsp3) is 0.889. The lowest BCUT2D eigenvalue weighted by atomic mass is 9.62. The Morgan fingerprint density at radius 3 is 2.69 bits per heavy atom. The smallest absolute Gasteiger partial charge is 0.409 e. The summed E-state index contributed by atoms with van der Waals surface area (Å²) < 4.78 is 17.4. The molecule has 13 heavy (non-hydrogen) atoms. The molecule has 4 heteroatoms. The lowest BCUT2D eigenvalue weighted by Gasteiger charge is -2.56. The number of carbonyl (C=O) groups excluding carboxylic acids is 1. The molecule has 1 aliphatic carbocycles. The molecule has 0 N–H and O–H groups in total. The van der Waals surface area contributed by atoms with Gasteiger partial charge in [0.25, 0.3) is 0 Å². The molecule has 1 amide bonds. The summed E-state index contributed by atoms with van der Waals surface area (Å²) in [6, 6.07) is 0. The highest BCUT2D eigenvalue weighted by atomic mass is 19.1. The summed E-state index contributed by atoms with van der Waals surface area (Å²) in [4.78, 5) is 12.8. The normalized spacial score (nSPS) is 25.2. The Bertz CT molecular complexity index is 218. The monoisotopic (exact) mass is 187 g/mol. The van der Waals surface area contributed by atoms with Crippen molar-refractivity contribution in [1.29, 1.82) is 0 Å². The Morgan fingerprint density at radius 2 is 2.23 bits per heavy atom. The first-order valence-electron chi connectivity index (χ1n) is 4.71. The molecule has 1 heterocycles. The molecule has 1 spiro atoms. The second kappa shape index (κ2) is 2.86. The molecule has 3 nitrogen and oxygen atoms in total. The number of rotatable bonds is 1. The average Bonchev–Trinajstić information content (AvgIpc) is 1.94. The van der Waals surface area contributed by atoms with Crippen LogP contribution in [0.2, 0.25) is 0 Å². The SMILES string of the molecule is CCOC(=O)N1CC2(CC(F)C2)C1. The Hall–Kier alpha value is -0.800. The van der Waals surface area contributed by atoms with Crippen LogP contribution in [0.4, 0.5) is 9.18 Å². The minimum Gasteiger partial charge on any atom is -0.450 e. The fourth-order valence-electron chi connectivity index (χ4n) is 2.25. The molecule has 1 saturated heterocycles. The summed E-state index contributed by atoms with van der Waals surface area (Å²) in [5.41, 5.74) is 0.117. The molecule has 0 radical (unpaired) electrons. The van der Waals surface area contributed by atoms with Crippen LogP contribution in [0.3, 0.4) is 0 Å². The van der Waals surface area contributed by atoms with Crippen LogP contribution in [0.25, 0.3) is 0 Å². The first kappa shape index (κ1) is 8.78. The van der Waals surface area contributed by atoms with E-state index in [1.165, 1.54) is 0 Å². The van der Waals surface area contributed by atoms with Crippen LogP contribution in [0.1, 0.15) is 19.8 Å². The second-order valence-corrected chi connectivity index (χ2v) is 4.06. The minimum atomic E-state index is -0.635. The zero-order chi connectivity index (χ0) is 9.47. The van der Waals surface area contributed by atoms with Crippen LogP contribution >= 0.6 is 0 Å². The zero-order valence-electron chi connectivity index (χ0n) is 7.75. The maximum absolute atomic E-state index is 12.6. The van der Waals surface area contributed by atoms with Gasteiger partial charge in [-0.1, -0.05) is 0 Å². The number of hydrogen-bond donors (Lipinski definition) is 0. The summed E-state index contributed by atoms with van der Waals surface area (Å²) in [7, 11) is 0. The van der Waals surface area contributed by atoms with Crippen LogP contribution in [0.15, 0.2) is 0 Å². The van der Waals surface area contributed by atoms with E-state index >= 15 is 0 Å². The number of halogens is 1. The van der Waals surface area contributed by atoms with Gasteiger partial charge >= 0.3 is 6.09 Å². The Balaban J connectivity index is 1.75. The predicted molar refractivity (Wildman–Crippen MR) is 45.2 cm³/mol. The number of amides is 1. The van der Waals surface area contributed by atoms with Gasteiger partial charge in [-0.15, -0.1) is 0 Å². The van der Waals surface area contributed by atoms with Crippen molar-refractivity contribution in [2.24, 2.45) is 5.41 Å². The third-order valence-corrected chi connectivity index (χ3v) is 2.89. The fourth-order valence-corrected chi connectivity index (χ4v) is 2.25. The first-order valence-corrected chi connectivity index (χ1v) is 4.71. The van der Waals surface area contributed by atoms with Crippen LogP contribution in [-0.2, 0) is 4.74 Å². The van der Waals surface area contributed by atoms with E-state index in [0.717, 1.165) is 0 Å². The molecule has 0 aromatic rings. The van der Waals surface area contributed by atoms with E-state index in [1.54, 1.807) is 11.8 Å². The number of hydrogen-bond acceptors (Lipinski definition) is 2. The van der Waals surface area contributed by atoms with Crippen molar-refractivity contribution >= 4 is 6.09 Å². The van der Waals surface area contributed by atoms with Gasteiger partial charge in [-0.25, -0.2) is 9.18 Å². The molecule has 74 valence electrons. The van der Waals surface area contributed by atoms with Gasteiger partial charge in [0.1, 0.15) is 6.17 Å². The Morgan fingerprint density at radius 1 is 1.62 bits per heavy atom. The molecule has 0 aromatic carbocycles. The van der Waals surface area contributed by atoms with Gasteiger partial charge in [-0.3, -0.25) is 0 Å². The molecule has 0 unspecified atom stereocenters. The van der Waals surface area contributed by atoms with Gasteiger partial charge in [0.05, 0.1) is 6.61 Å². The van der Waals surface area contributed by atoms with Crippen LogP contribution in [-0.4, -0.2) is 36.9 Å². The number of ether oxygens (including phenoxy) is 1.